The fourth-order valence-electron chi connectivity index (χ4n) is 1.93. The van der Waals surface area contributed by atoms with E-state index in [1.807, 2.05) is 39.3 Å². The number of anilines is 1. The summed E-state index contributed by atoms with van der Waals surface area (Å²) < 4.78 is 0. The molecule has 0 saturated heterocycles. The third-order valence-corrected chi connectivity index (χ3v) is 3.17. The van der Waals surface area contributed by atoms with E-state index in [0.29, 0.717) is 6.54 Å². The molecule has 5 nitrogen and oxygen atoms in total. The number of carbonyl (C=O) groups is 1. The molecule has 1 unspecified atom stereocenters. The molecule has 0 aromatic carbocycles. The summed E-state index contributed by atoms with van der Waals surface area (Å²) in [7, 11) is 4.07. The number of rotatable bonds is 8. The Labute approximate surface area is 121 Å². The summed E-state index contributed by atoms with van der Waals surface area (Å²) >= 11 is 0. The molecule has 1 atom stereocenters. The van der Waals surface area contributed by atoms with E-state index < -0.39 is 11.9 Å². The Morgan fingerprint density at radius 3 is 2.55 bits per heavy atom. The number of nitrogens with zero attached hydrogens (tertiary/aromatic N) is 3. The number of carboxylic acids is 1. The molecule has 1 rings (SSSR count). The van der Waals surface area contributed by atoms with Gasteiger partial charge >= 0.3 is 5.97 Å². The van der Waals surface area contributed by atoms with Crippen molar-refractivity contribution in [2.24, 2.45) is 5.92 Å². The van der Waals surface area contributed by atoms with Gasteiger partial charge in [0.1, 0.15) is 5.82 Å². The normalized spacial score (nSPS) is 12.4. The van der Waals surface area contributed by atoms with Crippen LogP contribution in [0.3, 0.4) is 0 Å². The highest BCUT2D eigenvalue weighted by atomic mass is 16.4. The molecule has 0 aliphatic heterocycles. The van der Waals surface area contributed by atoms with E-state index >= 15 is 0 Å². The van der Waals surface area contributed by atoms with Gasteiger partial charge in [0, 0.05) is 19.3 Å². The zero-order valence-electron chi connectivity index (χ0n) is 12.8. The first-order chi connectivity index (χ1) is 9.40. The van der Waals surface area contributed by atoms with E-state index in [0.717, 1.165) is 30.9 Å². The average molecular weight is 279 g/mol. The Morgan fingerprint density at radius 2 is 2.05 bits per heavy atom. The number of aryl methyl sites for hydroxylation is 1. The predicted octanol–water partition coefficient (Wildman–Crippen LogP) is 1.87. The molecule has 0 aliphatic carbocycles. The molecular weight excluding hydrogens is 254 g/mol. The van der Waals surface area contributed by atoms with Crippen molar-refractivity contribution in [3.8, 4) is 0 Å². The molecular formula is C15H25N3O2. The van der Waals surface area contributed by atoms with Crippen LogP contribution in [0.25, 0.3) is 0 Å². The third-order valence-electron chi connectivity index (χ3n) is 3.17. The van der Waals surface area contributed by atoms with Crippen LogP contribution in [0.2, 0.25) is 0 Å². The maximum absolute atomic E-state index is 11.0. The summed E-state index contributed by atoms with van der Waals surface area (Å²) in [4.78, 5) is 19.6. The summed E-state index contributed by atoms with van der Waals surface area (Å²) in [5.74, 6) is -0.324. The summed E-state index contributed by atoms with van der Waals surface area (Å²) in [5, 5.41) is 9.08. The van der Waals surface area contributed by atoms with Crippen LogP contribution in [-0.4, -0.2) is 54.7 Å². The molecule has 5 heteroatoms. The topological polar surface area (TPSA) is 56.7 Å². The lowest BCUT2D eigenvalue weighted by Gasteiger charge is -2.26. The fraction of sp³-hybridized carbons (Fsp3) is 0.600. The monoisotopic (exact) mass is 279 g/mol. The van der Waals surface area contributed by atoms with Crippen LogP contribution in [0.5, 0.6) is 0 Å². The maximum atomic E-state index is 11.0. The smallest absolute Gasteiger partial charge is 0.308 e. The SMILES string of the molecule is Cc1ccc(N(CCCN(C)C)CC(C)C(=O)O)nc1. The zero-order chi connectivity index (χ0) is 15.1. The number of aliphatic carboxylic acids is 1. The second kappa shape index (κ2) is 7.85. The van der Waals surface area contributed by atoms with Crippen molar-refractivity contribution in [3.05, 3.63) is 23.9 Å². The van der Waals surface area contributed by atoms with Crippen LogP contribution in [-0.2, 0) is 4.79 Å². The largest absolute Gasteiger partial charge is 0.481 e. The summed E-state index contributed by atoms with van der Waals surface area (Å²) in [6.45, 7) is 6.00. The van der Waals surface area contributed by atoms with Crippen LogP contribution < -0.4 is 4.90 Å². The van der Waals surface area contributed by atoms with E-state index in [4.69, 9.17) is 5.11 Å². The molecule has 1 aromatic rings. The van der Waals surface area contributed by atoms with Gasteiger partial charge in [0.15, 0.2) is 0 Å². The van der Waals surface area contributed by atoms with Gasteiger partial charge in [0.25, 0.3) is 0 Å². The van der Waals surface area contributed by atoms with Gasteiger partial charge in [-0.15, -0.1) is 0 Å². The van der Waals surface area contributed by atoms with Gasteiger partial charge in [-0.3, -0.25) is 4.79 Å². The second-order valence-corrected chi connectivity index (χ2v) is 5.54. The Kier molecular flexibility index (Phi) is 6.45. The number of carboxylic acid groups (broad SMARTS) is 1. The molecule has 112 valence electrons. The van der Waals surface area contributed by atoms with Crippen molar-refractivity contribution >= 4 is 11.8 Å². The van der Waals surface area contributed by atoms with E-state index in [9.17, 15) is 4.79 Å². The highest BCUT2D eigenvalue weighted by molar-refractivity contribution is 5.70. The minimum absolute atomic E-state index is 0.405. The van der Waals surface area contributed by atoms with Gasteiger partial charge in [-0.05, 0) is 45.6 Å². The minimum Gasteiger partial charge on any atom is -0.481 e. The quantitative estimate of drug-likeness (QED) is 0.787. The van der Waals surface area contributed by atoms with Crippen molar-refractivity contribution in [1.29, 1.82) is 0 Å². The molecule has 0 bridgehead atoms. The molecule has 1 aromatic heterocycles. The van der Waals surface area contributed by atoms with Crippen LogP contribution in [0, 0.1) is 12.8 Å². The average Bonchev–Trinajstić information content (AvgIpc) is 2.37. The molecule has 0 fully saturated rings. The third kappa shape index (κ3) is 5.57. The zero-order valence-corrected chi connectivity index (χ0v) is 12.8. The standard InChI is InChI=1S/C15H25N3O2/c1-12-6-7-14(16-10-12)18(9-5-8-17(3)4)11-13(2)15(19)20/h6-7,10,13H,5,8-9,11H2,1-4H3,(H,19,20). The first-order valence-corrected chi connectivity index (χ1v) is 6.95. The van der Waals surface area contributed by atoms with Gasteiger partial charge in [-0.2, -0.15) is 0 Å². The number of aromatic nitrogens is 1. The first kappa shape index (κ1) is 16.4. The summed E-state index contributed by atoms with van der Waals surface area (Å²) in [6.07, 6.45) is 2.80. The molecule has 0 amide bonds. The second-order valence-electron chi connectivity index (χ2n) is 5.54. The number of hydrogen-bond donors (Lipinski definition) is 1. The van der Waals surface area contributed by atoms with Crippen LogP contribution in [0.1, 0.15) is 18.9 Å². The molecule has 0 aliphatic rings. The van der Waals surface area contributed by atoms with E-state index in [2.05, 4.69) is 14.8 Å². The molecule has 1 heterocycles. The lowest BCUT2D eigenvalue weighted by atomic mass is 10.1. The van der Waals surface area contributed by atoms with Gasteiger partial charge in [0.05, 0.1) is 5.92 Å². The van der Waals surface area contributed by atoms with Crippen LogP contribution in [0.15, 0.2) is 18.3 Å². The van der Waals surface area contributed by atoms with Crippen molar-refractivity contribution in [1.82, 2.24) is 9.88 Å². The van der Waals surface area contributed by atoms with Crippen LogP contribution in [0.4, 0.5) is 5.82 Å². The van der Waals surface area contributed by atoms with E-state index in [1.54, 1.807) is 6.92 Å². The highest BCUT2D eigenvalue weighted by Crippen LogP contribution is 2.14. The molecule has 0 saturated carbocycles. The lowest BCUT2D eigenvalue weighted by Crippen LogP contribution is -2.34. The number of hydrogen-bond acceptors (Lipinski definition) is 4. The van der Waals surface area contributed by atoms with E-state index in [-0.39, 0.29) is 0 Å². The molecule has 20 heavy (non-hydrogen) atoms. The van der Waals surface area contributed by atoms with Gasteiger partial charge in [0.2, 0.25) is 0 Å². The van der Waals surface area contributed by atoms with Crippen molar-refractivity contribution in [3.63, 3.8) is 0 Å². The Hall–Kier alpha value is -1.62. The Morgan fingerprint density at radius 1 is 1.35 bits per heavy atom. The summed E-state index contributed by atoms with van der Waals surface area (Å²) in [6, 6.07) is 3.96. The fourth-order valence-corrected chi connectivity index (χ4v) is 1.93. The van der Waals surface area contributed by atoms with Gasteiger partial charge < -0.3 is 14.9 Å². The van der Waals surface area contributed by atoms with Crippen molar-refractivity contribution < 1.29 is 9.90 Å². The van der Waals surface area contributed by atoms with Gasteiger partial charge in [-0.25, -0.2) is 4.98 Å². The molecule has 0 radical (unpaired) electrons. The van der Waals surface area contributed by atoms with Gasteiger partial charge in [-0.1, -0.05) is 13.0 Å². The van der Waals surface area contributed by atoms with Crippen LogP contribution >= 0.6 is 0 Å². The number of pyridine rings is 1. The Bertz CT molecular complexity index is 418. The predicted molar refractivity (Wildman–Crippen MR) is 81.2 cm³/mol. The highest BCUT2D eigenvalue weighted by Gasteiger charge is 2.17. The minimum atomic E-state index is -0.769. The Balaban J connectivity index is 2.72. The van der Waals surface area contributed by atoms with Crippen molar-refractivity contribution in [2.75, 3.05) is 38.6 Å². The summed E-state index contributed by atoms with van der Waals surface area (Å²) in [5.41, 5.74) is 1.10. The maximum Gasteiger partial charge on any atom is 0.308 e. The first-order valence-electron chi connectivity index (χ1n) is 6.95. The lowest BCUT2D eigenvalue weighted by molar-refractivity contribution is -0.140. The molecule has 1 N–H and O–H groups in total. The van der Waals surface area contributed by atoms with Crippen molar-refractivity contribution in [2.45, 2.75) is 20.3 Å². The van der Waals surface area contributed by atoms with E-state index in [1.165, 1.54) is 0 Å². The molecule has 0 spiro atoms.